The molecule has 0 spiro atoms. The lowest BCUT2D eigenvalue weighted by atomic mass is 10.1. The van der Waals surface area contributed by atoms with Gasteiger partial charge in [0.25, 0.3) is 0 Å². The number of hydrogen-bond acceptors (Lipinski definition) is 6. The fourth-order valence-electron chi connectivity index (χ4n) is 3.41. The van der Waals surface area contributed by atoms with Gasteiger partial charge in [-0.1, -0.05) is 36.4 Å². The summed E-state index contributed by atoms with van der Waals surface area (Å²) >= 11 is 0. The maximum Gasteiger partial charge on any atom is 0.231 e. The second kappa shape index (κ2) is 6.49. The fourth-order valence-corrected chi connectivity index (χ4v) is 4.81. The minimum Gasteiger partial charge on any atom is -0.454 e. The third-order valence-electron chi connectivity index (χ3n) is 4.76. The van der Waals surface area contributed by atoms with Gasteiger partial charge in [0.1, 0.15) is 5.82 Å². The number of allylic oxidation sites excluding steroid dienone is 1. The van der Waals surface area contributed by atoms with E-state index in [2.05, 4.69) is 0 Å². The molecule has 0 bridgehead atoms. The van der Waals surface area contributed by atoms with Gasteiger partial charge in [0.2, 0.25) is 6.79 Å². The Bertz CT molecular complexity index is 1170. The SMILES string of the molecule is O=S1(=O)C=C[C@@H](Cc2nc(-c3ccccc3)nn2-c2ccc3c(c2)OCO3)C1. The predicted octanol–water partition coefficient (Wildman–Crippen LogP) is 2.76. The summed E-state index contributed by atoms with van der Waals surface area (Å²) in [6.45, 7) is 0.197. The van der Waals surface area contributed by atoms with Crippen LogP contribution >= 0.6 is 0 Å². The van der Waals surface area contributed by atoms with Crippen molar-refractivity contribution in [3.63, 3.8) is 0 Å². The standard InChI is InChI=1S/C20H17N3O4S/c24-28(25)9-8-14(12-28)10-19-21-20(15-4-2-1-3-5-15)22-23(19)16-6-7-17-18(11-16)27-13-26-17/h1-9,11,14H,10,12-13H2/t14-/m0/s1. The van der Waals surface area contributed by atoms with E-state index in [9.17, 15) is 8.42 Å². The summed E-state index contributed by atoms with van der Waals surface area (Å²) in [5.74, 6) is 2.62. The highest BCUT2D eigenvalue weighted by Gasteiger charge is 2.25. The molecule has 2 aromatic carbocycles. The van der Waals surface area contributed by atoms with E-state index in [0.717, 1.165) is 11.3 Å². The maximum atomic E-state index is 11.8. The van der Waals surface area contributed by atoms with Crippen LogP contribution in [0.3, 0.4) is 0 Å². The van der Waals surface area contributed by atoms with Crippen LogP contribution in [-0.4, -0.2) is 35.7 Å². The molecule has 0 aliphatic carbocycles. The molecule has 0 radical (unpaired) electrons. The molecule has 0 amide bonds. The lowest BCUT2D eigenvalue weighted by Gasteiger charge is -2.09. The quantitative estimate of drug-likeness (QED) is 0.676. The number of rotatable bonds is 4. The van der Waals surface area contributed by atoms with Gasteiger partial charge in [0, 0.05) is 23.5 Å². The zero-order valence-corrected chi connectivity index (χ0v) is 15.7. The zero-order valence-electron chi connectivity index (χ0n) is 14.9. The Morgan fingerprint density at radius 2 is 1.89 bits per heavy atom. The average Bonchev–Trinajstić information content (AvgIpc) is 3.40. The summed E-state index contributed by atoms with van der Waals surface area (Å²) in [4.78, 5) is 4.71. The first-order valence-electron chi connectivity index (χ1n) is 8.90. The molecule has 8 heteroatoms. The number of nitrogens with zero attached hydrogens (tertiary/aromatic N) is 3. The van der Waals surface area contributed by atoms with Gasteiger partial charge in [-0.3, -0.25) is 0 Å². The maximum absolute atomic E-state index is 11.8. The van der Waals surface area contributed by atoms with Crippen LogP contribution in [0.25, 0.3) is 17.1 Å². The third-order valence-corrected chi connectivity index (χ3v) is 6.22. The lowest BCUT2D eigenvalue weighted by Crippen LogP contribution is -2.12. The zero-order chi connectivity index (χ0) is 19.1. The first-order valence-corrected chi connectivity index (χ1v) is 10.6. The van der Waals surface area contributed by atoms with Crippen molar-refractivity contribution in [1.29, 1.82) is 0 Å². The number of hydrogen-bond donors (Lipinski definition) is 0. The second-order valence-corrected chi connectivity index (χ2v) is 8.72. The highest BCUT2D eigenvalue weighted by Crippen LogP contribution is 2.34. The van der Waals surface area contributed by atoms with E-state index in [-0.39, 0.29) is 18.5 Å². The molecule has 142 valence electrons. The number of fused-ring (bicyclic) bond motifs is 1. The number of aromatic nitrogens is 3. The number of sulfone groups is 1. The first kappa shape index (κ1) is 17.0. The van der Waals surface area contributed by atoms with Gasteiger partial charge in [0.15, 0.2) is 27.2 Å². The summed E-state index contributed by atoms with van der Waals surface area (Å²) in [5, 5.41) is 5.98. The molecule has 0 unspecified atom stereocenters. The normalized spacial score (nSPS) is 19.2. The van der Waals surface area contributed by atoms with Crippen LogP contribution in [0.15, 0.2) is 60.0 Å². The van der Waals surface area contributed by atoms with Crippen molar-refractivity contribution in [2.45, 2.75) is 6.42 Å². The summed E-state index contributed by atoms with van der Waals surface area (Å²) in [5.41, 5.74) is 1.69. The molecule has 7 nitrogen and oxygen atoms in total. The summed E-state index contributed by atoms with van der Waals surface area (Å²) in [6, 6.07) is 15.3. The topological polar surface area (TPSA) is 83.3 Å². The molecule has 5 rings (SSSR count). The first-order chi connectivity index (χ1) is 13.6. The summed E-state index contributed by atoms with van der Waals surface area (Å²) in [7, 11) is -3.12. The van der Waals surface area contributed by atoms with Crippen molar-refractivity contribution in [3.8, 4) is 28.6 Å². The molecule has 2 aliphatic rings. The molecule has 2 aliphatic heterocycles. The molecule has 1 atom stereocenters. The Morgan fingerprint density at radius 1 is 1.07 bits per heavy atom. The summed E-state index contributed by atoms with van der Waals surface area (Å²) < 4.78 is 36.2. The molecule has 28 heavy (non-hydrogen) atoms. The number of ether oxygens (including phenoxy) is 2. The van der Waals surface area contributed by atoms with Gasteiger partial charge in [-0.2, -0.15) is 0 Å². The summed E-state index contributed by atoms with van der Waals surface area (Å²) in [6.07, 6.45) is 2.21. The number of benzene rings is 2. The lowest BCUT2D eigenvalue weighted by molar-refractivity contribution is 0.174. The van der Waals surface area contributed by atoms with Crippen molar-refractivity contribution in [2.24, 2.45) is 5.92 Å². The molecule has 0 saturated carbocycles. The highest BCUT2D eigenvalue weighted by molar-refractivity contribution is 7.94. The Balaban J connectivity index is 1.56. The average molecular weight is 395 g/mol. The minimum absolute atomic E-state index is 0.0989. The van der Waals surface area contributed by atoms with Gasteiger partial charge >= 0.3 is 0 Å². The van der Waals surface area contributed by atoms with E-state index in [1.54, 1.807) is 10.8 Å². The third kappa shape index (κ3) is 3.16. The van der Waals surface area contributed by atoms with Crippen LogP contribution in [0, 0.1) is 5.92 Å². The van der Waals surface area contributed by atoms with E-state index in [4.69, 9.17) is 19.6 Å². The van der Waals surface area contributed by atoms with Crippen molar-refractivity contribution in [3.05, 3.63) is 65.8 Å². The Labute approximate surface area is 162 Å². The monoisotopic (exact) mass is 395 g/mol. The molecule has 0 fully saturated rings. The predicted molar refractivity (Wildman–Crippen MR) is 103 cm³/mol. The van der Waals surface area contributed by atoms with E-state index < -0.39 is 9.84 Å². The van der Waals surface area contributed by atoms with Crippen LogP contribution in [0.5, 0.6) is 11.5 Å². The van der Waals surface area contributed by atoms with Crippen molar-refractivity contribution in [2.75, 3.05) is 12.5 Å². The smallest absolute Gasteiger partial charge is 0.231 e. The van der Waals surface area contributed by atoms with Crippen molar-refractivity contribution < 1.29 is 17.9 Å². The van der Waals surface area contributed by atoms with Gasteiger partial charge in [0.05, 0.1) is 11.4 Å². The van der Waals surface area contributed by atoms with Crippen LogP contribution < -0.4 is 9.47 Å². The van der Waals surface area contributed by atoms with Crippen LogP contribution in [0.4, 0.5) is 0 Å². The van der Waals surface area contributed by atoms with Gasteiger partial charge in [-0.05, 0) is 18.1 Å². The van der Waals surface area contributed by atoms with Gasteiger partial charge in [-0.15, -0.1) is 5.10 Å². The Hall–Kier alpha value is -3.13. The Kier molecular flexibility index (Phi) is 3.94. The van der Waals surface area contributed by atoms with Crippen LogP contribution in [0.2, 0.25) is 0 Å². The van der Waals surface area contributed by atoms with Crippen molar-refractivity contribution in [1.82, 2.24) is 14.8 Å². The molecule has 0 N–H and O–H groups in total. The van der Waals surface area contributed by atoms with Gasteiger partial charge in [-0.25, -0.2) is 18.1 Å². The van der Waals surface area contributed by atoms with Gasteiger partial charge < -0.3 is 9.47 Å². The van der Waals surface area contributed by atoms with Crippen molar-refractivity contribution >= 4 is 9.84 Å². The largest absolute Gasteiger partial charge is 0.454 e. The van der Waals surface area contributed by atoms with E-state index >= 15 is 0 Å². The Morgan fingerprint density at radius 3 is 2.68 bits per heavy atom. The minimum atomic E-state index is -3.12. The second-order valence-electron chi connectivity index (χ2n) is 6.79. The van der Waals surface area contributed by atoms with E-state index in [1.165, 1.54) is 5.41 Å². The fraction of sp³-hybridized carbons (Fsp3) is 0.200. The molecular weight excluding hydrogens is 378 g/mol. The highest BCUT2D eigenvalue weighted by atomic mass is 32.2. The molecule has 1 aromatic heterocycles. The van der Waals surface area contributed by atoms with E-state index in [1.807, 2.05) is 48.5 Å². The molecule has 3 aromatic rings. The molecular formula is C20H17N3O4S. The van der Waals surface area contributed by atoms with Crippen LogP contribution in [-0.2, 0) is 16.3 Å². The van der Waals surface area contributed by atoms with Crippen LogP contribution in [0.1, 0.15) is 5.82 Å². The molecule has 0 saturated heterocycles. The van der Waals surface area contributed by atoms with E-state index in [0.29, 0.717) is 29.6 Å². The molecule has 3 heterocycles.